The number of likely N-dealkylation sites (tertiary alicyclic amines) is 1. The third-order valence-corrected chi connectivity index (χ3v) is 5.87. The summed E-state index contributed by atoms with van der Waals surface area (Å²) in [5.74, 6) is -0.774. The molecule has 3 N–H and O–H groups in total. The Morgan fingerprint density at radius 1 is 1.03 bits per heavy atom. The highest BCUT2D eigenvalue weighted by Gasteiger charge is 2.07. The molecule has 0 aliphatic carbocycles. The Labute approximate surface area is 179 Å². The number of fused-ring (bicyclic) bond motifs is 1. The number of piperidine rings is 1. The maximum atomic E-state index is 10.5. The van der Waals surface area contributed by atoms with Gasteiger partial charge in [0.1, 0.15) is 0 Å². The molecule has 1 aliphatic heterocycles. The second kappa shape index (κ2) is 13.3. The van der Waals surface area contributed by atoms with E-state index in [2.05, 4.69) is 14.1 Å². The van der Waals surface area contributed by atoms with Crippen LogP contribution in [0.4, 0.5) is 5.69 Å². The summed E-state index contributed by atoms with van der Waals surface area (Å²) in [6.45, 7) is 3.97. The molecule has 0 radical (unpaired) electrons. The molecule has 6 heteroatoms. The zero-order valence-electron chi connectivity index (χ0n) is 16.8. The lowest BCUT2D eigenvalue weighted by atomic mass is 10.1. The molecule has 0 spiro atoms. The molecule has 2 heterocycles. The third-order valence-electron chi connectivity index (χ3n) is 4.60. The quantitative estimate of drug-likeness (QED) is 0.444. The standard InChI is InChI=1S/C10H8O2S.C7H16NP.C6H7N/c11-10(12)5-7-6-13-9-4-2-1-3-8(7)9;9-7-6-8-4-2-1-3-5-8;7-6-4-2-1-3-5-6/h1-4,6H,5H2,(H,11,12);1-7,9H2;1-5H,7H2. The minimum absolute atomic E-state index is 0.115. The van der Waals surface area contributed by atoms with E-state index in [-0.39, 0.29) is 6.42 Å². The van der Waals surface area contributed by atoms with Gasteiger partial charge in [-0.15, -0.1) is 20.6 Å². The van der Waals surface area contributed by atoms with Gasteiger partial charge in [-0.25, -0.2) is 0 Å². The van der Waals surface area contributed by atoms with Crippen LogP contribution in [0, 0.1) is 0 Å². The van der Waals surface area contributed by atoms with E-state index in [1.165, 1.54) is 45.1 Å². The molecule has 1 aromatic heterocycles. The number of benzene rings is 2. The molecule has 4 rings (SSSR count). The monoisotopic (exact) mass is 430 g/mol. The molecule has 29 heavy (non-hydrogen) atoms. The Balaban J connectivity index is 0.000000164. The second-order valence-electron chi connectivity index (χ2n) is 6.93. The van der Waals surface area contributed by atoms with E-state index >= 15 is 0 Å². The zero-order valence-corrected chi connectivity index (χ0v) is 18.8. The first-order chi connectivity index (χ1) is 14.1. The SMILES string of the molecule is Nc1ccccc1.O=C(O)Cc1csc2ccccc12.PCCN1CCCCC1. The van der Waals surface area contributed by atoms with Crippen molar-refractivity contribution in [2.75, 3.05) is 31.5 Å². The number of nitrogens with two attached hydrogens (primary N) is 1. The number of nitrogens with zero attached hydrogens (tertiary/aromatic N) is 1. The lowest BCUT2D eigenvalue weighted by Crippen LogP contribution is -2.31. The molecule has 0 amide bonds. The molecule has 1 saturated heterocycles. The third kappa shape index (κ3) is 8.95. The molecule has 1 fully saturated rings. The number of hydrogen-bond acceptors (Lipinski definition) is 4. The molecule has 0 bridgehead atoms. The van der Waals surface area contributed by atoms with E-state index in [4.69, 9.17) is 10.8 Å². The molecule has 1 unspecified atom stereocenters. The van der Waals surface area contributed by atoms with Crippen LogP contribution in [-0.2, 0) is 11.2 Å². The van der Waals surface area contributed by atoms with Crippen molar-refractivity contribution in [3.63, 3.8) is 0 Å². The smallest absolute Gasteiger partial charge is 0.307 e. The summed E-state index contributed by atoms with van der Waals surface area (Å²) in [6, 6.07) is 17.3. The van der Waals surface area contributed by atoms with E-state index in [1.54, 1.807) is 11.3 Å². The van der Waals surface area contributed by atoms with E-state index in [0.717, 1.165) is 21.3 Å². The van der Waals surface area contributed by atoms with Crippen molar-refractivity contribution in [3.05, 3.63) is 65.5 Å². The van der Waals surface area contributed by atoms with Gasteiger partial charge in [0.2, 0.25) is 0 Å². The first kappa shape index (κ1) is 23.3. The number of anilines is 1. The highest BCUT2D eigenvalue weighted by atomic mass is 32.1. The van der Waals surface area contributed by atoms with Crippen LogP contribution in [0.15, 0.2) is 60.0 Å². The Hall–Kier alpha value is -1.94. The minimum Gasteiger partial charge on any atom is -0.481 e. The van der Waals surface area contributed by atoms with Gasteiger partial charge in [0.25, 0.3) is 0 Å². The van der Waals surface area contributed by atoms with Gasteiger partial charge in [-0.3, -0.25) is 4.79 Å². The van der Waals surface area contributed by atoms with Crippen LogP contribution >= 0.6 is 20.6 Å². The first-order valence-electron chi connectivity index (χ1n) is 10.00. The van der Waals surface area contributed by atoms with Gasteiger partial charge < -0.3 is 15.7 Å². The zero-order chi connectivity index (χ0) is 20.9. The van der Waals surface area contributed by atoms with E-state index in [1.807, 2.05) is 60.0 Å². The first-order valence-corrected chi connectivity index (χ1v) is 11.7. The van der Waals surface area contributed by atoms with Gasteiger partial charge in [0.05, 0.1) is 6.42 Å². The van der Waals surface area contributed by atoms with Crippen molar-refractivity contribution in [3.8, 4) is 0 Å². The summed E-state index contributed by atoms with van der Waals surface area (Å²) in [5, 5.41) is 11.6. The molecule has 4 nitrogen and oxygen atoms in total. The normalized spacial score (nSPS) is 13.7. The lowest BCUT2D eigenvalue weighted by molar-refractivity contribution is -0.136. The fraction of sp³-hybridized carbons (Fsp3) is 0.348. The van der Waals surface area contributed by atoms with Crippen LogP contribution in [0.25, 0.3) is 10.1 Å². The largest absolute Gasteiger partial charge is 0.481 e. The average molecular weight is 431 g/mol. The topological polar surface area (TPSA) is 66.6 Å². The Kier molecular flexibility index (Phi) is 10.7. The van der Waals surface area contributed by atoms with Crippen LogP contribution in [0.3, 0.4) is 0 Å². The molecule has 1 atom stereocenters. The van der Waals surface area contributed by atoms with E-state index < -0.39 is 5.97 Å². The molecule has 2 aromatic carbocycles. The van der Waals surface area contributed by atoms with Crippen molar-refractivity contribution in [1.29, 1.82) is 0 Å². The summed E-state index contributed by atoms with van der Waals surface area (Å²) < 4.78 is 1.15. The summed E-state index contributed by atoms with van der Waals surface area (Å²) in [7, 11) is 2.79. The van der Waals surface area contributed by atoms with Gasteiger partial charge >= 0.3 is 5.97 Å². The molecular formula is C23H31N2O2PS. The number of aliphatic carboxylic acids is 1. The molecule has 0 saturated carbocycles. The van der Waals surface area contributed by atoms with Gasteiger partial charge in [0.15, 0.2) is 0 Å². The van der Waals surface area contributed by atoms with Gasteiger partial charge in [-0.2, -0.15) is 0 Å². The summed E-state index contributed by atoms with van der Waals surface area (Å²) in [6.07, 6.45) is 5.65. The van der Waals surface area contributed by atoms with Crippen molar-refractivity contribution < 1.29 is 9.90 Å². The number of carboxylic acid groups (broad SMARTS) is 1. The maximum Gasteiger partial charge on any atom is 0.307 e. The van der Waals surface area contributed by atoms with Crippen molar-refractivity contribution in [2.45, 2.75) is 25.7 Å². The number of carbonyl (C=O) groups is 1. The average Bonchev–Trinajstić information content (AvgIpc) is 3.13. The maximum absolute atomic E-state index is 10.5. The van der Waals surface area contributed by atoms with Crippen LogP contribution in [0.5, 0.6) is 0 Å². The number of para-hydroxylation sites is 1. The van der Waals surface area contributed by atoms with Crippen LogP contribution in [0.2, 0.25) is 0 Å². The van der Waals surface area contributed by atoms with Crippen LogP contribution in [0.1, 0.15) is 24.8 Å². The number of nitrogen functional groups attached to an aromatic ring is 1. The fourth-order valence-corrected chi connectivity index (χ4v) is 4.48. The number of rotatable bonds is 4. The van der Waals surface area contributed by atoms with Gasteiger partial charge in [-0.05, 0) is 66.6 Å². The summed E-state index contributed by atoms with van der Waals surface area (Å²) in [4.78, 5) is 13.1. The van der Waals surface area contributed by atoms with Gasteiger partial charge in [-0.1, -0.05) is 42.8 Å². The second-order valence-corrected chi connectivity index (χ2v) is 8.42. The number of thiophene rings is 1. The molecule has 156 valence electrons. The highest BCUT2D eigenvalue weighted by molar-refractivity contribution is 7.17. The van der Waals surface area contributed by atoms with E-state index in [0.29, 0.717) is 0 Å². The summed E-state index contributed by atoms with van der Waals surface area (Å²) >= 11 is 1.59. The van der Waals surface area contributed by atoms with Crippen LogP contribution in [-0.4, -0.2) is 41.8 Å². The lowest BCUT2D eigenvalue weighted by Gasteiger charge is -2.25. The Morgan fingerprint density at radius 3 is 2.28 bits per heavy atom. The Morgan fingerprint density at radius 2 is 1.69 bits per heavy atom. The molecular weight excluding hydrogens is 399 g/mol. The Bertz CT molecular complexity index is 845. The molecule has 3 aromatic rings. The number of hydrogen-bond donors (Lipinski definition) is 2. The predicted molar refractivity (Wildman–Crippen MR) is 129 cm³/mol. The fourth-order valence-electron chi connectivity index (χ4n) is 3.15. The van der Waals surface area contributed by atoms with Crippen LogP contribution < -0.4 is 5.73 Å². The minimum atomic E-state index is -0.774. The van der Waals surface area contributed by atoms with Crippen molar-refractivity contribution in [2.24, 2.45) is 0 Å². The van der Waals surface area contributed by atoms with Crippen molar-refractivity contribution in [1.82, 2.24) is 4.90 Å². The summed E-state index contributed by atoms with van der Waals surface area (Å²) in [5.41, 5.74) is 7.09. The van der Waals surface area contributed by atoms with Crippen molar-refractivity contribution >= 4 is 42.3 Å². The highest BCUT2D eigenvalue weighted by Crippen LogP contribution is 2.25. The van der Waals surface area contributed by atoms with Gasteiger partial charge in [0, 0.05) is 16.9 Å². The number of carboxylic acids is 1. The van der Waals surface area contributed by atoms with E-state index in [9.17, 15) is 4.79 Å². The molecule has 1 aliphatic rings. The predicted octanol–water partition coefficient (Wildman–Crippen LogP) is 5.14.